The smallest absolute Gasteiger partial charge is 0.265 e. The number of ether oxygens (including phenoxy) is 1. The van der Waals surface area contributed by atoms with E-state index in [1.54, 1.807) is 24.3 Å². The molecule has 6 nitrogen and oxygen atoms in total. The van der Waals surface area contributed by atoms with E-state index >= 15 is 0 Å². The summed E-state index contributed by atoms with van der Waals surface area (Å²) in [7, 11) is -2.43. The molecule has 0 atom stereocenters. The van der Waals surface area contributed by atoms with Gasteiger partial charge in [-0.1, -0.05) is 23.7 Å². The van der Waals surface area contributed by atoms with E-state index in [0.29, 0.717) is 17.3 Å². The number of hydrogen-bond donors (Lipinski definition) is 2. The van der Waals surface area contributed by atoms with E-state index in [2.05, 4.69) is 15.0 Å². The van der Waals surface area contributed by atoms with Crippen molar-refractivity contribution in [2.45, 2.75) is 4.90 Å². The lowest BCUT2D eigenvalue weighted by atomic mass is 10.2. The summed E-state index contributed by atoms with van der Waals surface area (Å²) in [6.45, 7) is 1.50. The zero-order valence-corrected chi connectivity index (χ0v) is 14.5. The SMILES string of the molecule is COc1ccc(Cl)cc1S(=O)(=O)Nc1cccc(C2=NCCN2)c1. The van der Waals surface area contributed by atoms with Crippen LogP contribution in [0.4, 0.5) is 5.69 Å². The fourth-order valence-corrected chi connectivity index (χ4v) is 3.87. The van der Waals surface area contributed by atoms with Crippen molar-refractivity contribution in [1.29, 1.82) is 0 Å². The van der Waals surface area contributed by atoms with Crippen molar-refractivity contribution >= 4 is 33.1 Å². The summed E-state index contributed by atoms with van der Waals surface area (Å²) in [5, 5.41) is 3.47. The molecule has 2 N–H and O–H groups in total. The normalized spacial score (nSPS) is 14.0. The minimum Gasteiger partial charge on any atom is -0.495 e. The van der Waals surface area contributed by atoms with E-state index in [0.717, 1.165) is 17.9 Å². The van der Waals surface area contributed by atoms with Gasteiger partial charge in [-0.25, -0.2) is 8.42 Å². The van der Waals surface area contributed by atoms with Gasteiger partial charge in [0.1, 0.15) is 16.5 Å². The molecule has 0 amide bonds. The third kappa shape index (κ3) is 3.47. The molecule has 2 aromatic carbocycles. The standard InChI is InChI=1S/C16H16ClN3O3S/c1-23-14-6-5-12(17)10-15(14)24(21,22)20-13-4-2-3-11(9-13)16-18-7-8-19-16/h2-6,9-10,20H,7-8H2,1H3,(H,18,19). The maximum absolute atomic E-state index is 12.7. The van der Waals surface area contributed by atoms with Crippen LogP contribution in [-0.2, 0) is 10.0 Å². The summed E-state index contributed by atoms with van der Waals surface area (Å²) in [5.74, 6) is 0.987. The number of aliphatic imine (C=N–C) groups is 1. The van der Waals surface area contributed by atoms with E-state index in [1.807, 2.05) is 6.07 Å². The lowest BCUT2D eigenvalue weighted by Gasteiger charge is -2.13. The van der Waals surface area contributed by atoms with Crippen molar-refractivity contribution in [2.24, 2.45) is 4.99 Å². The van der Waals surface area contributed by atoms with Gasteiger partial charge in [-0.3, -0.25) is 9.71 Å². The average molecular weight is 366 g/mol. The quantitative estimate of drug-likeness (QED) is 0.853. The fourth-order valence-electron chi connectivity index (χ4n) is 2.39. The molecule has 1 aliphatic heterocycles. The molecule has 0 saturated heterocycles. The Bertz CT molecular complexity index is 897. The Morgan fingerprint density at radius 1 is 1.25 bits per heavy atom. The van der Waals surface area contributed by atoms with Gasteiger partial charge >= 0.3 is 0 Å². The molecule has 0 fully saturated rings. The van der Waals surface area contributed by atoms with Gasteiger partial charge in [-0.05, 0) is 30.3 Å². The Labute approximate surface area is 145 Å². The number of methoxy groups -OCH3 is 1. The molecule has 0 radical (unpaired) electrons. The molecule has 0 aromatic heterocycles. The number of halogens is 1. The van der Waals surface area contributed by atoms with Gasteiger partial charge in [0.15, 0.2) is 0 Å². The van der Waals surface area contributed by atoms with E-state index in [9.17, 15) is 8.42 Å². The first-order valence-corrected chi connectivity index (χ1v) is 9.11. The Morgan fingerprint density at radius 3 is 2.79 bits per heavy atom. The van der Waals surface area contributed by atoms with Gasteiger partial charge in [0.2, 0.25) is 0 Å². The summed E-state index contributed by atoms with van der Waals surface area (Å²) in [6.07, 6.45) is 0. The zero-order valence-electron chi connectivity index (χ0n) is 12.9. The Kier molecular flexibility index (Phi) is 4.64. The number of rotatable bonds is 5. The van der Waals surface area contributed by atoms with E-state index < -0.39 is 10.0 Å². The topological polar surface area (TPSA) is 79.8 Å². The van der Waals surface area contributed by atoms with Gasteiger partial charge in [-0.2, -0.15) is 0 Å². The van der Waals surface area contributed by atoms with Crippen LogP contribution < -0.4 is 14.8 Å². The summed E-state index contributed by atoms with van der Waals surface area (Å²) in [6, 6.07) is 11.5. The van der Waals surface area contributed by atoms with Crippen molar-refractivity contribution in [3.8, 4) is 5.75 Å². The molecule has 0 saturated carbocycles. The van der Waals surface area contributed by atoms with Crippen LogP contribution >= 0.6 is 11.6 Å². The van der Waals surface area contributed by atoms with Gasteiger partial charge < -0.3 is 10.1 Å². The number of anilines is 1. The van der Waals surface area contributed by atoms with Gasteiger partial charge in [0, 0.05) is 22.8 Å². The first-order valence-electron chi connectivity index (χ1n) is 7.25. The molecule has 1 aliphatic rings. The molecule has 1 heterocycles. The third-order valence-corrected chi connectivity index (χ3v) is 5.12. The first kappa shape index (κ1) is 16.6. The van der Waals surface area contributed by atoms with Gasteiger partial charge in [-0.15, -0.1) is 0 Å². The fraction of sp³-hybridized carbons (Fsp3) is 0.188. The molecule has 126 valence electrons. The first-order chi connectivity index (χ1) is 11.5. The number of amidine groups is 1. The highest BCUT2D eigenvalue weighted by Gasteiger charge is 2.20. The number of sulfonamides is 1. The van der Waals surface area contributed by atoms with Crippen LogP contribution in [0.1, 0.15) is 5.56 Å². The predicted molar refractivity (Wildman–Crippen MR) is 94.7 cm³/mol. The lowest BCUT2D eigenvalue weighted by Crippen LogP contribution is -2.20. The molecule has 0 spiro atoms. The summed E-state index contributed by atoms with van der Waals surface area (Å²) in [4.78, 5) is 4.32. The van der Waals surface area contributed by atoms with Crippen molar-refractivity contribution in [3.05, 3.63) is 53.1 Å². The van der Waals surface area contributed by atoms with Gasteiger partial charge in [0.05, 0.1) is 13.7 Å². The predicted octanol–water partition coefficient (Wildman–Crippen LogP) is 2.50. The number of nitrogens with zero attached hydrogens (tertiary/aromatic N) is 1. The molecule has 3 rings (SSSR count). The Hall–Kier alpha value is -2.25. The number of benzene rings is 2. The maximum Gasteiger partial charge on any atom is 0.265 e. The lowest BCUT2D eigenvalue weighted by molar-refractivity contribution is 0.403. The number of nitrogens with one attached hydrogen (secondary N) is 2. The van der Waals surface area contributed by atoms with Crippen molar-refractivity contribution < 1.29 is 13.2 Å². The number of hydrogen-bond acceptors (Lipinski definition) is 5. The highest BCUT2D eigenvalue weighted by Crippen LogP contribution is 2.28. The summed E-state index contributed by atoms with van der Waals surface area (Å²) >= 11 is 5.92. The van der Waals surface area contributed by atoms with Crippen LogP contribution in [0.25, 0.3) is 0 Å². The molecule has 0 bridgehead atoms. The van der Waals surface area contributed by atoms with Crippen molar-refractivity contribution in [1.82, 2.24) is 5.32 Å². The monoisotopic (exact) mass is 365 g/mol. The summed E-state index contributed by atoms with van der Waals surface area (Å²) < 4.78 is 33.0. The zero-order chi connectivity index (χ0) is 17.2. The minimum atomic E-state index is -3.84. The molecular weight excluding hydrogens is 350 g/mol. The largest absolute Gasteiger partial charge is 0.495 e. The van der Waals surface area contributed by atoms with E-state index in [4.69, 9.17) is 16.3 Å². The van der Waals surface area contributed by atoms with Crippen LogP contribution in [0.15, 0.2) is 52.4 Å². The maximum atomic E-state index is 12.7. The minimum absolute atomic E-state index is 0.0146. The second-order valence-electron chi connectivity index (χ2n) is 5.14. The molecular formula is C16H16ClN3O3S. The van der Waals surface area contributed by atoms with Crippen LogP contribution in [0, 0.1) is 0 Å². The summed E-state index contributed by atoms with van der Waals surface area (Å²) in [5.41, 5.74) is 1.26. The van der Waals surface area contributed by atoms with Gasteiger partial charge in [0.25, 0.3) is 10.0 Å². The van der Waals surface area contributed by atoms with Crippen LogP contribution in [-0.4, -0.2) is 34.5 Å². The second kappa shape index (κ2) is 6.70. The Morgan fingerprint density at radius 2 is 2.08 bits per heavy atom. The van der Waals surface area contributed by atoms with Crippen LogP contribution in [0.5, 0.6) is 5.75 Å². The van der Waals surface area contributed by atoms with E-state index in [1.165, 1.54) is 19.2 Å². The molecule has 24 heavy (non-hydrogen) atoms. The molecule has 8 heteroatoms. The third-order valence-electron chi connectivity index (χ3n) is 3.48. The highest BCUT2D eigenvalue weighted by molar-refractivity contribution is 7.92. The average Bonchev–Trinajstić information content (AvgIpc) is 3.09. The highest BCUT2D eigenvalue weighted by atomic mass is 35.5. The molecule has 2 aromatic rings. The van der Waals surface area contributed by atoms with Crippen molar-refractivity contribution in [2.75, 3.05) is 24.9 Å². The second-order valence-corrected chi connectivity index (χ2v) is 7.23. The molecule has 0 aliphatic carbocycles. The van der Waals surface area contributed by atoms with Crippen LogP contribution in [0.2, 0.25) is 5.02 Å². The van der Waals surface area contributed by atoms with Crippen LogP contribution in [0.3, 0.4) is 0 Å². The van der Waals surface area contributed by atoms with Crippen molar-refractivity contribution in [3.63, 3.8) is 0 Å². The Balaban J connectivity index is 1.93. The van der Waals surface area contributed by atoms with E-state index in [-0.39, 0.29) is 10.6 Å². The molecule has 0 unspecified atom stereocenters.